The molecule has 0 saturated carbocycles. The smallest absolute Gasteiger partial charge is 0.118 e. The van der Waals surface area contributed by atoms with Crippen molar-refractivity contribution in [1.29, 1.82) is 0 Å². The molecule has 2 rings (SSSR count). The number of nitrogens with zero attached hydrogens (tertiary/aromatic N) is 2. The predicted octanol–water partition coefficient (Wildman–Crippen LogP) is 2.12. The Morgan fingerprint density at radius 3 is 3.15 bits per heavy atom. The number of aryl methyl sites for hydroxylation is 2. The fourth-order valence-electron chi connectivity index (χ4n) is 1.58. The van der Waals surface area contributed by atoms with Crippen LogP contribution in [-0.2, 0) is 6.54 Å². The number of hydrogen-bond acceptors (Lipinski definition) is 3. The Morgan fingerprint density at radius 1 is 1.69 bits per heavy atom. The molecule has 1 aromatic rings. The zero-order chi connectivity index (χ0) is 9.42. The van der Waals surface area contributed by atoms with Gasteiger partial charge in [0, 0.05) is 18.3 Å². The summed E-state index contributed by atoms with van der Waals surface area (Å²) >= 11 is 1.92. The van der Waals surface area contributed by atoms with E-state index < -0.39 is 0 Å². The number of anilines is 1. The molecule has 0 aliphatic carbocycles. The van der Waals surface area contributed by atoms with Crippen LogP contribution in [0.2, 0.25) is 0 Å². The van der Waals surface area contributed by atoms with Crippen molar-refractivity contribution in [2.45, 2.75) is 37.6 Å². The summed E-state index contributed by atoms with van der Waals surface area (Å²) in [6, 6.07) is 0. The molecule has 3 nitrogen and oxygen atoms in total. The molecule has 0 fully saturated rings. The number of thioether (sulfide) groups is 1. The standard InChI is InChI=1S/C9H15N3S/c1-4-12-9-8(7(3)11-12)10-5-6(2)13-9/h6,10H,4-5H2,1-3H3. The third-order valence-corrected chi connectivity index (χ3v) is 3.47. The average molecular weight is 197 g/mol. The summed E-state index contributed by atoms with van der Waals surface area (Å²) in [5.74, 6) is 0. The first-order chi connectivity index (χ1) is 6.22. The largest absolute Gasteiger partial charge is 0.380 e. The molecule has 1 aliphatic rings. The summed E-state index contributed by atoms with van der Waals surface area (Å²) in [7, 11) is 0. The Labute approximate surface area is 82.9 Å². The first-order valence-electron chi connectivity index (χ1n) is 4.70. The molecular formula is C9H15N3S. The molecule has 0 amide bonds. The Balaban J connectivity index is 2.43. The van der Waals surface area contributed by atoms with Gasteiger partial charge in [-0.05, 0) is 13.8 Å². The lowest BCUT2D eigenvalue weighted by Gasteiger charge is -2.20. The summed E-state index contributed by atoms with van der Waals surface area (Å²) in [6.07, 6.45) is 0. The Kier molecular flexibility index (Phi) is 2.24. The van der Waals surface area contributed by atoms with Gasteiger partial charge in [-0.15, -0.1) is 0 Å². The van der Waals surface area contributed by atoms with Crippen LogP contribution in [0.15, 0.2) is 5.03 Å². The highest BCUT2D eigenvalue weighted by atomic mass is 32.2. The van der Waals surface area contributed by atoms with Gasteiger partial charge < -0.3 is 5.32 Å². The van der Waals surface area contributed by atoms with Crippen molar-refractivity contribution >= 4 is 17.4 Å². The molecule has 1 atom stereocenters. The van der Waals surface area contributed by atoms with Gasteiger partial charge in [-0.1, -0.05) is 18.7 Å². The summed E-state index contributed by atoms with van der Waals surface area (Å²) in [5, 5.41) is 9.86. The summed E-state index contributed by atoms with van der Waals surface area (Å²) in [4.78, 5) is 0. The zero-order valence-electron chi connectivity index (χ0n) is 8.29. The maximum absolute atomic E-state index is 4.48. The number of nitrogens with one attached hydrogen (secondary N) is 1. The fraction of sp³-hybridized carbons (Fsp3) is 0.667. The minimum Gasteiger partial charge on any atom is -0.380 e. The summed E-state index contributed by atoms with van der Waals surface area (Å²) < 4.78 is 2.08. The normalized spacial score (nSPS) is 21.0. The van der Waals surface area contributed by atoms with Crippen molar-refractivity contribution in [2.75, 3.05) is 11.9 Å². The van der Waals surface area contributed by atoms with E-state index >= 15 is 0 Å². The number of fused-ring (bicyclic) bond motifs is 1. The van der Waals surface area contributed by atoms with E-state index in [1.54, 1.807) is 0 Å². The number of hydrogen-bond donors (Lipinski definition) is 1. The second kappa shape index (κ2) is 3.25. The van der Waals surface area contributed by atoms with Gasteiger partial charge in [0.15, 0.2) is 0 Å². The maximum Gasteiger partial charge on any atom is 0.118 e. The minimum absolute atomic E-state index is 0.647. The molecule has 72 valence electrons. The predicted molar refractivity (Wildman–Crippen MR) is 56.4 cm³/mol. The van der Waals surface area contributed by atoms with Gasteiger partial charge in [0.2, 0.25) is 0 Å². The highest BCUT2D eigenvalue weighted by molar-refractivity contribution is 8.00. The second-order valence-electron chi connectivity index (χ2n) is 3.39. The molecule has 2 heterocycles. The van der Waals surface area contributed by atoms with Crippen molar-refractivity contribution in [3.05, 3.63) is 5.69 Å². The first kappa shape index (κ1) is 8.94. The summed E-state index contributed by atoms with van der Waals surface area (Å²) in [5.41, 5.74) is 2.36. The lowest BCUT2D eigenvalue weighted by molar-refractivity contribution is 0.600. The van der Waals surface area contributed by atoms with Gasteiger partial charge in [0.1, 0.15) is 5.03 Å². The number of rotatable bonds is 1. The van der Waals surface area contributed by atoms with E-state index in [2.05, 4.69) is 35.9 Å². The van der Waals surface area contributed by atoms with Crippen molar-refractivity contribution in [1.82, 2.24) is 9.78 Å². The van der Waals surface area contributed by atoms with Gasteiger partial charge in [-0.2, -0.15) is 5.10 Å². The van der Waals surface area contributed by atoms with Crippen molar-refractivity contribution in [3.8, 4) is 0 Å². The van der Waals surface area contributed by atoms with Gasteiger partial charge in [-0.25, -0.2) is 0 Å². The van der Waals surface area contributed by atoms with Crippen molar-refractivity contribution in [3.63, 3.8) is 0 Å². The molecule has 0 aromatic carbocycles. The average Bonchev–Trinajstić information content (AvgIpc) is 2.42. The van der Waals surface area contributed by atoms with E-state index in [0.29, 0.717) is 5.25 Å². The highest BCUT2D eigenvalue weighted by Gasteiger charge is 2.21. The van der Waals surface area contributed by atoms with E-state index in [1.807, 2.05) is 11.8 Å². The monoisotopic (exact) mass is 197 g/mol. The van der Waals surface area contributed by atoms with Crippen LogP contribution in [0.5, 0.6) is 0 Å². The van der Waals surface area contributed by atoms with Crippen LogP contribution >= 0.6 is 11.8 Å². The van der Waals surface area contributed by atoms with Crippen LogP contribution < -0.4 is 5.32 Å². The molecule has 0 saturated heterocycles. The van der Waals surface area contributed by atoms with Gasteiger partial charge >= 0.3 is 0 Å². The third-order valence-electron chi connectivity index (χ3n) is 2.26. The maximum atomic E-state index is 4.48. The fourth-order valence-corrected chi connectivity index (χ4v) is 2.75. The van der Waals surface area contributed by atoms with Crippen molar-refractivity contribution < 1.29 is 0 Å². The molecule has 1 N–H and O–H groups in total. The van der Waals surface area contributed by atoms with Crippen LogP contribution in [0.4, 0.5) is 5.69 Å². The first-order valence-corrected chi connectivity index (χ1v) is 5.58. The molecule has 1 unspecified atom stereocenters. The van der Waals surface area contributed by atoms with E-state index in [1.165, 1.54) is 10.7 Å². The van der Waals surface area contributed by atoms with Crippen LogP contribution in [0.1, 0.15) is 19.5 Å². The lowest BCUT2D eigenvalue weighted by Crippen LogP contribution is -2.19. The molecule has 13 heavy (non-hydrogen) atoms. The van der Waals surface area contributed by atoms with Gasteiger partial charge in [0.05, 0.1) is 11.4 Å². The molecular weight excluding hydrogens is 182 g/mol. The highest BCUT2D eigenvalue weighted by Crippen LogP contribution is 2.36. The van der Waals surface area contributed by atoms with Gasteiger partial charge in [0.25, 0.3) is 0 Å². The summed E-state index contributed by atoms with van der Waals surface area (Å²) in [6.45, 7) is 8.44. The second-order valence-corrected chi connectivity index (χ2v) is 4.82. The Hall–Kier alpha value is -0.640. The molecule has 0 radical (unpaired) electrons. The topological polar surface area (TPSA) is 29.9 Å². The van der Waals surface area contributed by atoms with Gasteiger partial charge in [-0.3, -0.25) is 4.68 Å². The molecule has 4 heteroatoms. The van der Waals surface area contributed by atoms with E-state index in [-0.39, 0.29) is 0 Å². The van der Waals surface area contributed by atoms with E-state index in [4.69, 9.17) is 0 Å². The molecule has 0 bridgehead atoms. The SMILES string of the molecule is CCn1nc(C)c2c1SC(C)CN2. The van der Waals surface area contributed by atoms with Crippen LogP contribution in [0.3, 0.4) is 0 Å². The minimum atomic E-state index is 0.647. The van der Waals surface area contributed by atoms with E-state index in [9.17, 15) is 0 Å². The number of aromatic nitrogens is 2. The van der Waals surface area contributed by atoms with Crippen LogP contribution in [-0.4, -0.2) is 21.6 Å². The zero-order valence-corrected chi connectivity index (χ0v) is 9.11. The lowest BCUT2D eigenvalue weighted by atomic mass is 10.3. The molecule has 1 aliphatic heterocycles. The third kappa shape index (κ3) is 1.43. The van der Waals surface area contributed by atoms with Crippen molar-refractivity contribution in [2.24, 2.45) is 0 Å². The molecule has 0 spiro atoms. The van der Waals surface area contributed by atoms with Crippen LogP contribution in [0, 0.1) is 6.92 Å². The quantitative estimate of drug-likeness (QED) is 0.748. The van der Waals surface area contributed by atoms with E-state index in [0.717, 1.165) is 18.8 Å². The Morgan fingerprint density at radius 2 is 2.46 bits per heavy atom. The molecule has 1 aromatic heterocycles. The van der Waals surface area contributed by atoms with Crippen LogP contribution in [0.25, 0.3) is 0 Å². The Bertz CT molecular complexity index is 319.